The number of hydrogen-bond acceptors (Lipinski definition) is 4. The Morgan fingerprint density at radius 3 is 2.24 bits per heavy atom. The summed E-state index contributed by atoms with van der Waals surface area (Å²) in [6, 6.07) is 26.9. The second kappa shape index (κ2) is 10.0. The zero-order valence-electron chi connectivity index (χ0n) is 18.5. The summed E-state index contributed by atoms with van der Waals surface area (Å²) >= 11 is 0. The molecule has 0 aliphatic carbocycles. The van der Waals surface area contributed by atoms with Crippen LogP contribution < -0.4 is 15.2 Å². The molecule has 0 fully saturated rings. The van der Waals surface area contributed by atoms with Crippen LogP contribution >= 0.6 is 0 Å². The molecule has 4 aromatic rings. The fourth-order valence-corrected chi connectivity index (χ4v) is 4.74. The van der Waals surface area contributed by atoms with Crippen LogP contribution in [0.3, 0.4) is 0 Å². The molecule has 34 heavy (non-hydrogen) atoms. The van der Waals surface area contributed by atoms with Gasteiger partial charge >= 0.3 is 6.03 Å². The Morgan fingerprint density at radius 2 is 1.53 bits per heavy atom. The summed E-state index contributed by atoms with van der Waals surface area (Å²) in [7, 11) is -4.04. The number of fused-ring (bicyclic) bond motifs is 1. The Hall–Kier alpha value is -3.72. The average molecular weight is 476 g/mol. The number of amides is 2. The maximum atomic E-state index is 13.4. The van der Waals surface area contributed by atoms with Crippen molar-refractivity contribution in [1.82, 2.24) is 10.1 Å². The molecule has 174 valence electrons. The first-order chi connectivity index (χ1) is 16.4. The van der Waals surface area contributed by atoms with Gasteiger partial charge in [0.15, 0.2) is 0 Å². The van der Waals surface area contributed by atoms with Crippen molar-refractivity contribution in [3.63, 3.8) is 0 Å². The van der Waals surface area contributed by atoms with Crippen molar-refractivity contribution < 1.29 is 18.3 Å². The molecule has 0 aromatic heterocycles. The molecule has 8 heteroatoms. The predicted molar refractivity (Wildman–Crippen MR) is 133 cm³/mol. The summed E-state index contributed by atoms with van der Waals surface area (Å²) < 4.78 is 26.0. The molecule has 4 rings (SSSR count). The second-order valence-electron chi connectivity index (χ2n) is 7.81. The van der Waals surface area contributed by atoms with Crippen LogP contribution in [0.25, 0.3) is 10.8 Å². The highest BCUT2D eigenvalue weighted by Gasteiger charge is 2.25. The van der Waals surface area contributed by atoms with Crippen molar-refractivity contribution in [2.24, 2.45) is 0 Å². The van der Waals surface area contributed by atoms with Gasteiger partial charge in [0.1, 0.15) is 0 Å². The van der Waals surface area contributed by atoms with E-state index < -0.39 is 22.1 Å². The summed E-state index contributed by atoms with van der Waals surface area (Å²) in [6.45, 7) is 1.68. The van der Waals surface area contributed by atoms with Crippen LogP contribution in [0.1, 0.15) is 24.1 Å². The SMILES string of the molecule is CC(NC(=O)N(NS(=O)(=O)c1ccccc1)c1ccc(CO)cc1)c1cccc2ccccc12. The number of carbonyl (C=O) groups excluding carboxylic acids is 1. The van der Waals surface area contributed by atoms with Crippen molar-refractivity contribution in [2.45, 2.75) is 24.5 Å². The number of aliphatic hydroxyl groups is 1. The molecule has 2 amide bonds. The normalized spacial score (nSPS) is 12.3. The minimum Gasteiger partial charge on any atom is -0.392 e. The molecule has 1 atom stereocenters. The third-order valence-electron chi connectivity index (χ3n) is 5.48. The van der Waals surface area contributed by atoms with Crippen LogP contribution in [0.4, 0.5) is 10.5 Å². The summed E-state index contributed by atoms with van der Waals surface area (Å²) in [5, 5.41) is 15.2. The smallest absolute Gasteiger partial charge is 0.337 e. The number of hydrazine groups is 1. The third kappa shape index (κ3) is 5.09. The van der Waals surface area contributed by atoms with Crippen LogP contribution in [0.5, 0.6) is 0 Å². The lowest BCUT2D eigenvalue weighted by molar-refractivity contribution is 0.242. The molecule has 0 saturated carbocycles. The molecule has 0 heterocycles. The van der Waals surface area contributed by atoms with E-state index in [9.17, 15) is 18.3 Å². The van der Waals surface area contributed by atoms with Crippen LogP contribution in [0, 0.1) is 0 Å². The van der Waals surface area contributed by atoms with Crippen molar-refractivity contribution in [2.75, 3.05) is 5.01 Å². The van der Waals surface area contributed by atoms with E-state index in [2.05, 4.69) is 10.1 Å². The van der Waals surface area contributed by atoms with E-state index in [1.54, 1.807) is 42.5 Å². The Bertz CT molecular complexity index is 1390. The van der Waals surface area contributed by atoms with Gasteiger partial charge in [-0.15, -0.1) is 4.83 Å². The number of rotatable bonds is 7. The summed E-state index contributed by atoms with van der Waals surface area (Å²) in [5.41, 5.74) is 1.85. The zero-order valence-corrected chi connectivity index (χ0v) is 19.4. The van der Waals surface area contributed by atoms with E-state index in [4.69, 9.17) is 0 Å². The largest absolute Gasteiger partial charge is 0.392 e. The molecule has 4 aromatic carbocycles. The highest BCUT2D eigenvalue weighted by atomic mass is 32.2. The van der Waals surface area contributed by atoms with Crippen LogP contribution in [0.2, 0.25) is 0 Å². The van der Waals surface area contributed by atoms with E-state index in [-0.39, 0.29) is 11.5 Å². The molecular formula is C26H25N3O4S. The maximum absolute atomic E-state index is 13.4. The standard InChI is InChI=1S/C26H25N3O4S/c1-19(24-13-7-9-21-8-5-6-12-25(21)24)27-26(31)29(22-16-14-20(18-30)15-17-22)28-34(32,33)23-10-3-2-4-11-23/h2-17,19,28,30H,18H2,1H3,(H,27,31). The molecule has 0 aliphatic rings. The maximum Gasteiger partial charge on any atom is 0.337 e. The summed E-state index contributed by atoms with van der Waals surface area (Å²) in [4.78, 5) is 15.8. The van der Waals surface area contributed by atoms with E-state index in [1.807, 2.05) is 49.4 Å². The predicted octanol–water partition coefficient (Wildman–Crippen LogP) is 4.50. The van der Waals surface area contributed by atoms with E-state index in [0.717, 1.165) is 21.3 Å². The molecule has 0 spiro atoms. The summed E-state index contributed by atoms with van der Waals surface area (Å²) in [5.74, 6) is 0. The molecular weight excluding hydrogens is 450 g/mol. The average Bonchev–Trinajstić information content (AvgIpc) is 2.87. The summed E-state index contributed by atoms with van der Waals surface area (Å²) in [6.07, 6.45) is 0. The fourth-order valence-electron chi connectivity index (χ4n) is 3.69. The minimum absolute atomic E-state index is 0.0295. The van der Waals surface area contributed by atoms with Crippen LogP contribution in [-0.4, -0.2) is 19.6 Å². The molecule has 7 nitrogen and oxygen atoms in total. The van der Waals surface area contributed by atoms with Crippen LogP contribution in [-0.2, 0) is 16.6 Å². The number of carbonyl (C=O) groups is 1. The second-order valence-corrected chi connectivity index (χ2v) is 9.47. The van der Waals surface area contributed by atoms with Crippen molar-refractivity contribution in [3.05, 3.63) is 108 Å². The van der Waals surface area contributed by atoms with Gasteiger partial charge in [0.05, 0.1) is 23.2 Å². The topological polar surface area (TPSA) is 98.7 Å². The van der Waals surface area contributed by atoms with E-state index >= 15 is 0 Å². The first-order valence-electron chi connectivity index (χ1n) is 10.7. The number of anilines is 1. The number of nitrogens with zero attached hydrogens (tertiary/aromatic N) is 1. The monoisotopic (exact) mass is 475 g/mol. The lowest BCUT2D eigenvalue weighted by Crippen LogP contribution is -2.51. The van der Waals surface area contributed by atoms with E-state index in [1.165, 1.54) is 12.1 Å². The van der Waals surface area contributed by atoms with Gasteiger partial charge in [0, 0.05) is 0 Å². The molecule has 1 unspecified atom stereocenters. The lowest BCUT2D eigenvalue weighted by Gasteiger charge is -2.26. The van der Waals surface area contributed by atoms with Gasteiger partial charge in [0.25, 0.3) is 10.0 Å². The molecule has 0 radical (unpaired) electrons. The van der Waals surface area contributed by atoms with Gasteiger partial charge in [0.2, 0.25) is 0 Å². The molecule has 0 bridgehead atoms. The first kappa shape index (κ1) is 23.4. The number of benzene rings is 4. The lowest BCUT2D eigenvalue weighted by atomic mass is 10.00. The van der Waals surface area contributed by atoms with Crippen LogP contribution in [0.15, 0.2) is 102 Å². The fraction of sp³-hybridized carbons (Fsp3) is 0.115. The van der Waals surface area contributed by atoms with Gasteiger partial charge in [-0.05, 0) is 53.1 Å². The minimum atomic E-state index is -4.04. The Labute approximate surface area is 198 Å². The first-order valence-corrected chi connectivity index (χ1v) is 12.2. The van der Waals surface area contributed by atoms with Crippen molar-refractivity contribution in [3.8, 4) is 0 Å². The Kier molecular flexibility index (Phi) is 6.93. The number of aliphatic hydroxyl groups excluding tert-OH is 1. The zero-order chi connectivity index (χ0) is 24.1. The Morgan fingerprint density at radius 1 is 0.882 bits per heavy atom. The highest BCUT2D eigenvalue weighted by Crippen LogP contribution is 2.25. The van der Waals surface area contributed by atoms with Gasteiger partial charge < -0.3 is 10.4 Å². The molecule has 0 aliphatic heterocycles. The van der Waals surface area contributed by atoms with E-state index in [0.29, 0.717) is 11.3 Å². The van der Waals surface area contributed by atoms with Gasteiger partial charge in [-0.2, -0.15) is 0 Å². The number of sulfonamides is 1. The number of urea groups is 1. The molecule has 3 N–H and O–H groups in total. The quantitative estimate of drug-likeness (QED) is 0.343. The van der Waals surface area contributed by atoms with Gasteiger partial charge in [-0.1, -0.05) is 72.8 Å². The van der Waals surface area contributed by atoms with Crippen molar-refractivity contribution >= 4 is 32.5 Å². The Balaban J connectivity index is 1.65. The van der Waals surface area contributed by atoms with Gasteiger partial charge in [-0.25, -0.2) is 18.2 Å². The third-order valence-corrected chi connectivity index (χ3v) is 6.79. The molecule has 0 saturated heterocycles. The van der Waals surface area contributed by atoms with Crippen molar-refractivity contribution in [1.29, 1.82) is 0 Å². The number of hydrogen-bond donors (Lipinski definition) is 3. The van der Waals surface area contributed by atoms with Gasteiger partial charge in [-0.3, -0.25) is 0 Å². The highest BCUT2D eigenvalue weighted by molar-refractivity contribution is 7.89. The number of nitrogens with one attached hydrogen (secondary N) is 2.